The van der Waals surface area contributed by atoms with E-state index < -0.39 is 0 Å². The molecular formula is C12H21N3. The molecule has 2 rings (SSSR count). The van der Waals surface area contributed by atoms with Gasteiger partial charge in [0.1, 0.15) is 5.82 Å². The Hall–Kier alpha value is -0.830. The Morgan fingerprint density at radius 2 is 2.47 bits per heavy atom. The summed E-state index contributed by atoms with van der Waals surface area (Å²) in [6.07, 6.45) is 5.72. The summed E-state index contributed by atoms with van der Waals surface area (Å²) in [6.45, 7) is 6.70. The lowest BCUT2D eigenvalue weighted by Gasteiger charge is -2.20. The number of nitrogens with zero attached hydrogens (tertiary/aromatic N) is 1. The number of aromatic amines is 1. The van der Waals surface area contributed by atoms with Crippen LogP contribution in [-0.2, 0) is 0 Å². The largest absolute Gasteiger partial charge is 0.345 e. The zero-order valence-electron chi connectivity index (χ0n) is 9.71. The second-order valence-electron chi connectivity index (χ2n) is 4.58. The first-order valence-corrected chi connectivity index (χ1v) is 6.06. The molecular weight excluding hydrogens is 186 g/mol. The van der Waals surface area contributed by atoms with Crippen LogP contribution in [0.25, 0.3) is 0 Å². The summed E-state index contributed by atoms with van der Waals surface area (Å²) < 4.78 is 0. The van der Waals surface area contributed by atoms with Crippen LogP contribution < -0.4 is 5.32 Å². The van der Waals surface area contributed by atoms with Crippen LogP contribution in [0, 0.1) is 0 Å². The van der Waals surface area contributed by atoms with Crippen molar-refractivity contribution in [2.75, 3.05) is 13.1 Å². The molecule has 3 nitrogen and oxygen atoms in total. The molecule has 0 spiro atoms. The molecule has 2 N–H and O–H groups in total. The summed E-state index contributed by atoms with van der Waals surface area (Å²) in [4.78, 5) is 8.00. The highest BCUT2D eigenvalue weighted by molar-refractivity contribution is 5.10. The van der Waals surface area contributed by atoms with Gasteiger partial charge in [0, 0.05) is 24.4 Å². The molecule has 0 saturated carbocycles. The smallest absolute Gasteiger partial charge is 0.110 e. The van der Waals surface area contributed by atoms with E-state index in [1.54, 1.807) is 0 Å². The predicted octanol–water partition coefficient (Wildman–Crippen LogP) is 2.39. The molecule has 3 heteroatoms. The second kappa shape index (κ2) is 4.79. The summed E-state index contributed by atoms with van der Waals surface area (Å²) in [5, 5.41) is 3.43. The van der Waals surface area contributed by atoms with Gasteiger partial charge in [-0.25, -0.2) is 4.98 Å². The second-order valence-corrected chi connectivity index (χ2v) is 4.58. The molecule has 1 aliphatic rings. The first-order valence-electron chi connectivity index (χ1n) is 6.06. The SMILES string of the molecule is CCC(C)c1cnc(C2CCCNC2)[nH]1. The van der Waals surface area contributed by atoms with Gasteiger partial charge in [0.15, 0.2) is 0 Å². The number of hydrogen-bond acceptors (Lipinski definition) is 2. The van der Waals surface area contributed by atoms with E-state index in [4.69, 9.17) is 0 Å². The highest BCUT2D eigenvalue weighted by Gasteiger charge is 2.18. The van der Waals surface area contributed by atoms with Crippen LogP contribution in [0.1, 0.15) is 56.5 Å². The highest BCUT2D eigenvalue weighted by Crippen LogP contribution is 2.23. The number of imidazole rings is 1. The minimum absolute atomic E-state index is 0.594. The fourth-order valence-corrected chi connectivity index (χ4v) is 2.11. The number of piperidine rings is 1. The summed E-state index contributed by atoms with van der Waals surface area (Å²) >= 11 is 0. The first kappa shape index (κ1) is 10.7. The minimum atomic E-state index is 0.594. The molecule has 1 aromatic rings. The van der Waals surface area contributed by atoms with E-state index in [0.29, 0.717) is 11.8 Å². The van der Waals surface area contributed by atoms with Crippen molar-refractivity contribution in [1.29, 1.82) is 0 Å². The van der Waals surface area contributed by atoms with Gasteiger partial charge in [-0.05, 0) is 31.7 Å². The lowest BCUT2D eigenvalue weighted by atomic mass is 9.99. The molecule has 84 valence electrons. The van der Waals surface area contributed by atoms with Crippen molar-refractivity contribution in [3.63, 3.8) is 0 Å². The van der Waals surface area contributed by atoms with Crippen LogP contribution in [0.15, 0.2) is 6.20 Å². The Labute approximate surface area is 91.7 Å². The quantitative estimate of drug-likeness (QED) is 0.799. The Morgan fingerprint density at radius 3 is 3.13 bits per heavy atom. The molecule has 0 radical (unpaired) electrons. The average Bonchev–Trinajstić information content (AvgIpc) is 2.78. The molecule has 2 heterocycles. The van der Waals surface area contributed by atoms with Crippen LogP contribution in [-0.4, -0.2) is 23.1 Å². The fraction of sp³-hybridized carbons (Fsp3) is 0.750. The highest BCUT2D eigenvalue weighted by atomic mass is 15.0. The molecule has 15 heavy (non-hydrogen) atoms. The number of nitrogens with one attached hydrogen (secondary N) is 2. The van der Waals surface area contributed by atoms with Gasteiger partial charge in [0.05, 0.1) is 0 Å². The zero-order chi connectivity index (χ0) is 10.7. The van der Waals surface area contributed by atoms with Crippen molar-refractivity contribution in [2.24, 2.45) is 0 Å². The standard InChI is InChI=1S/C12H21N3/c1-3-9(2)11-8-14-12(15-11)10-5-4-6-13-7-10/h8-10,13H,3-7H2,1-2H3,(H,14,15). The van der Waals surface area contributed by atoms with E-state index in [0.717, 1.165) is 13.1 Å². The van der Waals surface area contributed by atoms with Gasteiger partial charge in [-0.1, -0.05) is 13.8 Å². The lowest BCUT2D eigenvalue weighted by molar-refractivity contribution is 0.448. The van der Waals surface area contributed by atoms with Crippen LogP contribution in [0.2, 0.25) is 0 Å². The number of hydrogen-bond donors (Lipinski definition) is 2. The molecule has 1 aliphatic heterocycles. The summed E-state index contributed by atoms with van der Waals surface area (Å²) in [5.74, 6) is 2.37. The molecule has 0 bridgehead atoms. The van der Waals surface area contributed by atoms with E-state index >= 15 is 0 Å². The lowest BCUT2D eigenvalue weighted by Crippen LogP contribution is -2.28. The van der Waals surface area contributed by atoms with Crippen LogP contribution >= 0.6 is 0 Å². The van der Waals surface area contributed by atoms with Gasteiger partial charge in [-0.15, -0.1) is 0 Å². The third-order valence-corrected chi connectivity index (χ3v) is 3.44. The van der Waals surface area contributed by atoms with Gasteiger partial charge in [0.25, 0.3) is 0 Å². The monoisotopic (exact) mass is 207 g/mol. The van der Waals surface area contributed by atoms with Crippen LogP contribution in [0.4, 0.5) is 0 Å². The Balaban J connectivity index is 2.05. The molecule has 0 aromatic carbocycles. The van der Waals surface area contributed by atoms with Crippen molar-refractivity contribution in [2.45, 2.75) is 44.9 Å². The van der Waals surface area contributed by atoms with E-state index in [2.05, 4.69) is 29.1 Å². The van der Waals surface area contributed by atoms with Gasteiger partial charge in [-0.3, -0.25) is 0 Å². The third kappa shape index (κ3) is 2.40. The maximum absolute atomic E-state index is 4.51. The van der Waals surface area contributed by atoms with E-state index in [-0.39, 0.29) is 0 Å². The van der Waals surface area contributed by atoms with Crippen molar-refractivity contribution in [3.8, 4) is 0 Å². The van der Waals surface area contributed by atoms with Crippen molar-refractivity contribution in [1.82, 2.24) is 15.3 Å². The van der Waals surface area contributed by atoms with E-state index in [1.165, 1.54) is 30.8 Å². The molecule has 1 saturated heterocycles. The number of rotatable bonds is 3. The zero-order valence-corrected chi connectivity index (χ0v) is 9.71. The van der Waals surface area contributed by atoms with Gasteiger partial charge >= 0.3 is 0 Å². The van der Waals surface area contributed by atoms with E-state index in [1.807, 2.05) is 6.20 Å². The maximum atomic E-state index is 4.51. The molecule has 1 aromatic heterocycles. The topological polar surface area (TPSA) is 40.7 Å². The normalized spacial score (nSPS) is 24.0. The van der Waals surface area contributed by atoms with Gasteiger partial charge in [0.2, 0.25) is 0 Å². The molecule has 1 fully saturated rings. The molecule has 2 unspecified atom stereocenters. The van der Waals surface area contributed by atoms with Crippen molar-refractivity contribution in [3.05, 3.63) is 17.7 Å². The molecule has 0 amide bonds. The average molecular weight is 207 g/mol. The van der Waals surface area contributed by atoms with Crippen molar-refractivity contribution >= 4 is 0 Å². The van der Waals surface area contributed by atoms with Gasteiger partial charge < -0.3 is 10.3 Å². The first-order chi connectivity index (χ1) is 7.31. The summed E-state index contributed by atoms with van der Waals surface area (Å²) in [7, 11) is 0. The Kier molecular flexibility index (Phi) is 3.41. The number of aromatic nitrogens is 2. The predicted molar refractivity (Wildman–Crippen MR) is 62.1 cm³/mol. The Bertz CT molecular complexity index is 300. The van der Waals surface area contributed by atoms with Gasteiger partial charge in [-0.2, -0.15) is 0 Å². The molecule has 0 aliphatic carbocycles. The molecule has 2 atom stereocenters. The van der Waals surface area contributed by atoms with Crippen LogP contribution in [0.3, 0.4) is 0 Å². The van der Waals surface area contributed by atoms with E-state index in [9.17, 15) is 0 Å². The Morgan fingerprint density at radius 1 is 1.60 bits per heavy atom. The minimum Gasteiger partial charge on any atom is -0.345 e. The fourth-order valence-electron chi connectivity index (χ4n) is 2.11. The van der Waals surface area contributed by atoms with Crippen molar-refractivity contribution < 1.29 is 0 Å². The summed E-state index contributed by atoms with van der Waals surface area (Å²) in [6, 6.07) is 0. The summed E-state index contributed by atoms with van der Waals surface area (Å²) in [5.41, 5.74) is 1.29. The number of H-pyrrole nitrogens is 1. The third-order valence-electron chi connectivity index (χ3n) is 3.44. The van der Waals surface area contributed by atoms with Crippen LogP contribution in [0.5, 0.6) is 0 Å². The maximum Gasteiger partial charge on any atom is 0.110 e.